The Kier molecular flexibility index (Phi) is 4.49. The molecule has 0 saturated carbocycles. The van der Waals surface area contributed by atoms with Gasteiger partial charge in [-0.2, -0.15) is 0 Å². The summed E-state index contributed by atoms with van der Waals surface area (Å²) in [5, 5.41) is 8.97. The topological polar surface area (TPSA) is 55.5 Å². The number of rotatable bonds is 5. The minimum Gasteiger partial charge on any atom is -0.488 e. The maximum atomic E-state index is 8.97. The van der Waals surface area contributed by atoms with E-state index in [4.69, 9.17) is 27.8 Å². The number of aliphatic hydroxyl groups is 1. The van der Waals surface area contributed by atoms with Crippen molar-refractivity contribution in [2.24, 2.45) is 5.73 Å². The lowest BCUT2D eigenvalue weighted by atomic mass is 10.1. The van der Waals surface area contributed by atoms with E-state index >= 15 is 0 Å². The lowest BCUT2D eigenvalue weighted by molar-refractivity contribution is 0.281. The van der Waals surface area contributed by atoms with Crippen molar-refractivity contribution >= 4 is 17.2 Å². The molecule has 2 rings (SSSR count). The van der Waals surface area contributed by atoms with Crippen LogP contribution in [-0.4, -0.2) is 10.1 Å². The molecule has 0 saturated heterocycles. The van der Waals surface area contributed by atoms with Crippen LogP contribution in [0.4, 0.5) is 0 Å². The van der Waals surface area contributed by atoms with Gasteiger partial charge < -0.3 is 15.6 Å². The molecule has 3 N–H and O–H groups in total. The van der Waals surface area contributed by atoms with Crippen molar-refractivity contribution in [3.8, 4) is 5.75 Å². The van der Waals surface area contributed by atoms with Gasteiger partial charge in [-0.05, 0) is 23.3 Å². The summed E-state index contributed by atoms with van der Waals surface area (Å²) in [5.41, 5.74) is 8.29. The molecule has 0 unspecified atom stereocenters. The van der Waals surface area contributed by atoms with E-state index in [9.17, 15) is 0 Å². The largest absolute Gasteiger partial charge is 0.488 e. The Hall–Kier alpha value is -1.91. The molecule has 0 atom stereocenters. The van der Waals surface area contributed by atoms with Gasteiger partial charge in [-0.25, -0.2) is 0 Å². The molecule has 3 nitrogen and oxygen atoms in total. The molecule has 0 aliphatic heterocycles. The van der Waals surface area contributed by atoms with Gasteiger partial charge in [0.1, 0.15) is 17.3 Å². The molecule has 98 valence electrons. The van der Waals surface area contributed by atoms with Crippen molar-refractivity contribution in [2.75, 3.05) is 0 Å². The highest BCUT2D eigenvalue weighted by Crippen LogP contribution is 2.19. The van der Waals surface area contributed by atoms with E-state index in [2.05, 4.69) is 0 Å². The third-order valence-corrected chi connectivity index (χ3v) is 2.97. The minimum atomic E-state index is 0.0470. The van der Waals surface area contributed by atoms with Gasteiger partial charge in [0.15, 0.2) is 0 Å². The van der Waals surface area contributed by atoms with Crippen molar-refractivity contribution in [3.05, 3.63) is 65.2 Å². The number of hydrogen-bond acceptors (Lipinski definition) is 3. The maximum Gasteiger partial charge on any atom is 0.129 e. The van der Waals surface area contributed by atoms with Crippen LogP contribution in [-0.2, 0) is 13.2 Å². The second-order valence-corrected chi connectivity index (χ2v) is 4.56. The summed E-state index contributed by atoms with van der Waals surface area (Å²) < 4.78 is 5.73. The molecule has 0 bridgehead atoms. The summed E-state index contributed by atoms with van der Waals surface area (Å²) in [6, 6.07) is 15.0. The Labute approximate surface area is 117 Å². The Morgan fingerprint density at radius 3 is 2.32 bits per heavy atom. The third kappa shape index (κ3) is 3.53. The van der Waals surface area contributed by atoms with Crippen LogP contribution in [0.2, 0.25) is 0 Å². The van der Waals surface area contributed by atoms with E-state index in [1.807, 2.05) is 48.5 Å². The summed E-state index contributed by atoms with van der Waals surface area (Å²) in [6.07, 6.45) is 0. The highest BCUT2D eigenvalue weighted by Gasteiger charge is 2.05. The Morgan fingerprint density at radius 1 is 1.05 bits per heavy atom. The minimum absolute atomic E-state index is 0.0470. The van der Waals surface area contributed by atoms with Crippen molar-refractivity contribution in [1.82, 2.24) is 0 Å². The lowest BCUT2D eigenvalue weighted by Crippen LogP contribution is -2.11. The standard InChI is InChI=1S/C15H15NO2S/c16-15(19)13-3-1-2-4-14(13)18-10-12-7-5-11(9-17)6-8-12/h1-8,17H,9-10H2,(H2,16,19). The van der Waals surface area contributed by atoms with Crippen LogP contribution < -0.4 is 10.5 Å². The number of nitrogens with two attached hydrogens (primary N) is 1. The Morgan fingerprint density at radius 2 is 1.68 bits per heavy atom. The average molecular weight is 273 g/mol. The van der Waals surface area contributed by atoms with E-state index < -0.39 is 0 Å². The van der Waals surface area contributed by atoms with E-state index in [1.165, 1.54) is 0 Å². The van der Waals surface area contributed by atoms with Gasteiger partial charge in [0.25, 0.3) is 0 Å². The number of para-hydroxylation sites is 1. The van der Waals surface area contributed by atoms with Crippen LogP contribution in [0.3, 0.4) is 0 Å². The summed E-state index contributed by atoms with van der Waals surface area (Å²) in [5.74, 6) is 0.682. The van der Waals surface area contributed by atoms with Crippen molar-refractivity contribution in [2.45, 2.75) is 13.2 Å². The number of aliphatic hydroxyl groups excluding tert-OH is 1. The molecule has 2 aromatic rings. The van der Waals surface area contributed by atoms with Gasteiger partial charge in [0, 0.05) is 0 Å². The third-order valence-electron chi connectivity index (χ3n) is 2.75. The highest BCUT2D eigenvalue weighted by atomic mass is 32.1. The first-order valence-corrected chi connectivity index (χ1v) is 6.32. The molecule has 0 aliphatic rings. The second kappa shape index (κ2) is 6.31. The van der Waals surface area contributed by atoms with Crippen LogP contribution in [0.1, 0.15) is 16.7 Å². The van der Waals surface area contributed by atoms with E-state index in [-0.39, 0.29) is 6.61 Å². The van der Waals surface area contributed by atoms with Crippen LogP contribution in [0.15, 0.2) is 48.5 Å². The fourth-order valence-electron chi connectivity index (χ4n) is 1.70. The van der Waals surface area contributed by atoms with Gasteiger partial charge in [0.2, 0.25) is 0 Å². The van der Waals surface area contributed by atoms with Crippen molar-refractivity contribution < 1.29 is 9.84 Å². The first-order valence-electron chi connectivity index (χ1n) is 5.91. The molecule has 4 heteroatoms. The molecule has 2 aromatic carbocycles. The maximum absolute atomic E-state index is 8.97. The SMILES string of the molecule is NC(=S)c1ccccc1OCc1ccc(CO)cc1. The summed E-state index contributed by atoms with van der Waals surface area (Å²) in [4.78, 5) is 0.325. The molecule has 0 heterocycles. The lowest BCUT2D eigenvalue weighted by Gasteiger charge is -2.10. The first kappa shape index (κ1) is 13.5. The zero-order valence-corrected chi connectivity index (χ0v) is 11.2. The molecule has 0 aliphatic carbocycles. The van der Waals surface area contributed by atoms with Gasteiger partial charge in [-0.3, -0.25) is 0 Å². The number of benzene rings is 2. The molecule has 0 radical (unpaired) electrons. The van der Waals surface area contributed by atoms with E-state index in [1.54, 1.807) is 0 Å². The zero-order valence-electron chi connectivity index (χ0n) is 10.4. The predicted octanol–water partition coefficient (Wildman–Crippen LogP) is 2.39. The van der Waals surface area contributed by atoms with Crippen LogP contribution in [0.25, 0.3) is 0 Å². The van der Waals surface area contributed by atoms with Crippen LogP contribution in [0, 0.1) is 0 Å². The zero-order chi connectivity index (χ0) is 13.7. The number of hydrogen-bond donors (Lipinski definition) is 2. The van der Waals surface area contributed by atoms with Gasteiger partial charge >= 0.3 is 0 Å². The highest BCUT2D eigenvalue weighted by molar-refractivity contribution is 7.80. The summed E-state index contributed by atoms with van der Waals surface area (Å²) in [6.45, 7) is 0.483. The van der Waals surface area contributed by atoms with Gasteiger partial charge in [-0.1, -0.05) is 48.6 Å². The monoisotopic (exact) mass is 273 g/mol. The molecule has 0 fully saturated rings. The number of ether oxygens (including phenoxy) is 1. The normalized spacial score (nSPS) is 10.2. The predicted molar refractivity (Wildman–Crippen MR) is 79.0 cm³/mol. The quantitative estimate of drug-likeness (QED) is 0.821. The molecule has 19 heavy (non-hydrogen) atoms. The van der Waals surface area contributed by atoms with Crippen molar-refractivity contribution in [3.63, 3.8) is 0 Å². The Balaban J connectivity index is 2.07. The van der Waals surface area contributed by atoms with Gasteiger partial charge in [-0.15, -0.1) is 0 Å². The second-order valence-electron chi connectivity index (χ2n) is 4.12. The fourth-order valence-corrected chi connectivity index (χ4v) is 1.87. The van der Waals surface area contributed by atoms with E-state index in [0.717, 1.165) is 16.7 Å². The molecule has 0 amide bonds. The average Bonchev–Trinajstić information content (AvgIpc) is 2.46. The van der Waals surface area contributed by atoms with Gasteiger partial charge in [0.05, 0.1) is 12.2 Å². The smallest absolute Gasteiger partial charge is 0.129 e. The molecular weight excluding hydrogens is 258 g/mol. The molecular formula is C15H15NO2S. The summed E-state index contributed by atoms with van der Waals surface area (Å²) >= 11 is 4.98. The fraction of sp³-hybridized carbons (Fsp3) is 0.133. The Bertz CT molecular complexity index is 567. The van der Waals surface area contributed by atoms with E-state index in [0.29, 0.717) is 17.3 Å². The summed E-state index contributed by atoms with van der Waals surface area (Å²) in [7, 11) is 0. The molecule has 0 spiro atoms. The molecule has 0 aromatic heterocycles. The first-order chi connectivity index (χ1) is 9.20. The number of thiocarbonyl (C=S) groups is 1. The van der Waals surface area contributed by atoms with Crippen molar-refractivity contribution in [1.29, 1.82) is 0 Å². The van der Waals surface area contributed by atoms with Crippen LogP contribution in [0.5, 0.6) is 5.75 Å². The van der Waals surface area contributed by atoms with Crippen LogP contribution >= 0.6 is 12.2 Å².